The zero-order valence-electron chi connectivity index (χ0n) is 9.03. The van der Waals surface area contributed by atoms with Crippen molar-refractivity contribution in [3.8, 4) is 0 Å². The molecule has 0 spiro atoms. The van der Waals surface area contributed by atoms with Crippen LogP contribution < -0.4 is 11.2 Å². The average Bonchev–Trinajstić information content (AvgIpc) is 2.19. The Morgan fingerprint density at radius 1 is 1.20 bits per heavy atom. The molecule has 0 aromatic carbocycles. The predicted molar refractivity (Wildman–Crippen MR) is 55.6 cm³/mol. The molecule has 6 nitrogen and oxygen atoms in total. The number of nitrogens with zero attached hydrogens (tertiary/aromatic N) is 2. The third-order valence-corrected chi connectivity index (χ3v) is 2.38. The highest BCUT2D eigenvalue weighted by atomic mass is 16.2. The summed E-state index contributed by atoms with van der Waals surface area (Å²) in [7, 11) is 2.05. The Balaban J connectivity index is 2.17. The van der Waals surface area contributed by atoms with Crippen LogP contribution >= 0.6 is 0 Å². The van der Waals surface area contributed by atoms with E-state index < -0.39 is 5.91 Å². The van der Waals surface area contributed by atoms with Crippen LogP contribution in [-0.4, -0.2) is 54.9 Å². The third kappa shape index (κ3) is 4.75. The molecule has 1 aliphatic rings. The molecule has 6 heteroatoms. The van der Waals surface area contributed by atoms with Crippen LogP contribution in [0.25, 0.3) is 0 Å². The number of likely N-dealkylation sites (N-methyl/N-ethyl adjacent to an activating group) is 1. The highest BCUT2D eigenvalue weighted by molar-refractivity contribution is 5.82. The van der Waals surface area contributed by atoms with Gasteiger partial charge in [-0.2, -0.15) is 0 Å². The largest absolute Gasteiger partial charge is 0.370 e. The van der Waals surface area contributed by atoms with Crippen molar-refractivity contribution in [1.29, 1.82) is 0 Å². The van der Waals surface area contributed by atoms with E-state index in [0.717, 1.165) is 26.2 Å². The lowest BCUT2D eigenvalue weighted by Gasteiger charge is -2.32. The molecule has 0 radical (unpaired) electrons. The standard InChI is InChI=1S/C9H18N4O2/c1-12-4-6-13(7-5-12)11-9(15)3-2-8(10)14/h2-7H2,1H3,(H2,10,14)(H,11,15). The van der Waals surface area contributed by atoms with E-state index >= 15 is 0 Å². The number of nitrogens with one attached hydrogen (secondary N) is 1. The summed E-state index contributed by atoms with van der Waals surface area (Å²) >= 11 is 0. The number of hydrogen-bond donors (Lipinski definition) is 2. The van der Waals surface area contributed by atoms with Crippen molar-refractivity contribution in [1.82, 2.24) is 15.3 Å². The van der Waals surface area contributed by atoms with Crippen LogP contribution in [0.4, 0.5) is 0 Å². The molecule has 0 bridgehead atoms. The Morgan fingerprint density at radius 2 is 1.80 bits per heavy atom. The minimum absolute atomic E-state index is 0.111. The van der Waals surface area contributed by atoms with Crippen molar-refractivity contribution in [2.24, 2.45) is 5.73 Å². The fourth-order valence-electron chi connectivity index (χ4n) is 1.39. The van der Waals surface area contributed by atoms with Crippen LogP contribution in [0.1, 0.15) is 12.8 Å². The quantitative estimate of drug-likeness (QED) is 0.599. The smallest absolute Gasteiger partial charge is 0.234 e. The molecule has 0 aromatic heterocycles. The summed E-state index contributed by atoms with van der Waals surface area (Å²) < 4.78 is 0. The Kier molecular flexibility index (Phi) is 4.51. The molecule has 86 valence electrons. The SMILES string of the molecule is CN1CCN(NC(=O)CCC(N)=O)CC1. The van der Waals surface area contributed by atoms with Gasteiger partial charge >= 0.3 is 0 Å². The summed E-state index contributed by atoms with van der Waals surface area (Å²) in [6.45, 7) is 3.52. The summed E-state index contributed by atoms with van der Waals surface area (Å²) in [5.74, 6) is -0.582. The fraction of sp³-hybridized carbons (Fsp3) is 0.778. The van der Waals surface area contributed by atoms with Crippen LogP contribution in [-0.2, 0) is 9.59 Å². The fourth-order valence-corrected chi connectivity index (χ4v) is 1.39. The number of piperazine rings is 1. The Bertz CT molecular complexity index is 236. The molecule has 1 heterocycles. The highest BCUT2D eigenvalue weighted by Crippen LogP contribution is 1.96. The maximum Gasteiger partial charge on any atom is 0.234 e. The van der Waals surface area contributed by atoms with E-state index in [2.05, 4.69) is 10.3 Å². The van der Waals surface area contributed by atoms with Crippen LogP contribution in [0.2, 0.25) is 0 Å². The molecule has 1 saturated heterocycles. The molecule has 15 heavy (non-hydrogen) atoms. The van der Waals surface area contributed by atoms with Crippen LogP contribution in [0.3, 0.4) is 0 Å². The molecule has 0 saturated carbocycles. The summed E-state index contributed by atoms with van der Waals surface area (Å²) in [4.78, 5) is 24.0. The highest BCUT2D eigenvalue weighted by Gasteiger charge is 2.15. The van der Waals surface area contributed by atoms with Gasteiger partial charge in [-0.15, -0.1) is 0 Å². The topological polar surface area (TPSA) is 78.7 Å². The summed E-state index contributed by atoms with van der Waals surface area (Å²) in [6.07, 6.45) is 0.279. The number of carbonyl (C=O) groups is 2. The van der Waals surface area contributed by atoms with Gasteiger partial charge in [-0.1, -0.05) is 0 Å². The lowest BCUT2D eigenvalue weighted by molar-refractivity contribution is -0.129. The first-order valence-corrected chi connectivity index (χ1v) is 5.09. The van der Waals surface area contributed by atoms with E-state index in [0.29, 0.717) is 0 Å². The predicted octanol–water partition coefficient (Wildman–Crippen LogP) is -1.47. The van der Waals surface area contributed by atoms with Crippen molar-refractivity contribution in [2.75, 3.05) is 33.2 Å². The summed E-state index contributed by atoms with van der Waals surface area (Å²) in [6, 6.07) is 0. The zero-order valence-corrected chi connectivity index (χ0v) is 9.03. The molecular weight excluding hydrogens is 196 g/mol. The number of hydrogen-bond acceptors (Lipinski definition) is 4. The van der Waals surface area contributed by atoms with Gasteiger partial charge < -0.3 is 10.6 Å². The minimum Gasteiger partial charge on any atom is -0.370 e. The lowest BCUT2D eigenvalue weighted by atomic mass is 10.3. The molecule has 0 aromatic rings. The number of hydrazine groups is 1. The number of nitrogens with two attached hydrogens (primary N) is 1. The Morgan fingerprint density at radius 3 is 2.33 bits per heavy atom. The molecule has 1 fully saturated rings. The molecule has 2 amide bonds. The van der Waals surface area contributed by atoms with E-state index in [4.69, 9.17) is 5.73 Å². The molecular formula is C9H18N4O2. The molecule has 0 unspecified atom stereocenters. The molecule has 0 atom stereocenters. The lowest BCUT2D eigenvalue weighted by Crippen LogP contribution is -2.52. The van der Waals surface area contributed by atoms with Gasteiger partial charge in [0.15, 0.2) is 0 Å². The maximum absolute atomic E-state index is 11.3. The molecule has 0 aliphatic carbocycles. The normalized spacial score (nSPS) is 18.7. The summed E-state index contributed by atoms with van der Waals surface area (Å²) in [5, 5.41) is 1.88. The molecule has 1 aliphatic heterocycles. The number of carbonyl (C=O) groups excluding carboxylic acids is 2. The first-order chi connectivity index (χ1) is 7.08. The van der Waals surface area contributed by atoms with Gasteiger partial charge in [0.05, 0.1) is 0 Å². The van der Waals surface area contributed by atoms with Gasteiger partial charge in [0.1, 0.15) is 0 Å². The number of rotatable bonds is 4. The third-order valence-electron chi connectivity index (χ3n) is 2.38. The monoisotopic (exact) mass is 214 g/mol. The van der Waals surface area contributed by atoms with Crippen molar-refractivity contribution in [3.05, 3.63) is 0 Å². The first kappa shape index (κ1) is 11.9. The Hall–Kier alpha value is -1.14. The van der Waals surface area contributed by atoms with E-state index in [9.17, 15) is 9.59 Å². The average molecular weight is 214 g/mol. The van der Waals surface area contributed by atoms with E-state index in [1.165, 1.54) is 0 Å². The van der Waals surface area contributed by atoms with E-state index in [-0.39, 0.29) is 18.7 Å². The van der Waals surface area contributed by atoms with E-state index in [1.807, 2.05) is 12.1 Å². The summed E-state index contributed by atoms with van der Waals surface area (Å²) in [5.41, 5.74) is 7.71. The van der Waals surface area contributed by atoms with Gasteiger partial charge in [0, 0.05) is 39.0 Å². The van der Waals surface area contributed by atoms with Gasteiger partial charge in [-0.25, -0.2) is 5.01 Å². The van der Waals surface area contributed by atoms with Crippen LogP contribution in [0.15, 0.2) is 0 Å². The van der Waals surface area contributed by atoms with Crippen molar-refractivity contribution in [3.63, 3.8) is 0 Å². The number of primary amides is 1. The zero-order chi connectivity index (χ0) is 11.3. The molecule has 1 rings (SSSR count). The second-order valence-corrected chi connectivity index (χ2v) is 3.79. The van der Waals surface area contributed by atoms with Crippen molar-refractivity contribution < 1.29 is 9.59 Å². The van der Waals surface area contributed by atoms with Crippen LogP contribution in [0, 0.1) is 0 Å². The Labute approximate surface area is 89.4 Å². The molecule has 3 N–H and O–H groups in total. The van der Waals surface area contributed by atoms with Crippen molar-refractivity contribution >= 4 is 11.8 Å². The van der Waals surface area contributed by atoms with Gasteiger partial charge in [-0.05, 0) is 7.05 Å². The van der Waals surface area contributed by atoms with E-state index in [1.54, 1.807) is 0 Å². The number of amides is 2. The second-order valence-electron chi connectivity index (χ2n) is 3.79. The van der Waals surface area contributed by atoms with Gasteiger partial charge in [0.2, 0.25) is 11.8 Å². The van der Waals surface area contributed by atoms with Crippen LogP contribution in [0.5, 0.6) is 0 Å². The van der Waals surface area contributed by atoms with Crippen molar-refractivity contribution in [2.45, 2.75) is 12.8 Å². The maximum atomic E-state index is 11.3. The first-order valence-electron chi connectivity index (χ1n) is 5.09. The second kappa shape index (κ2) is 5.67. The van der Waals surface area contributed by atoms with Gasteiger partial charge in [-0.3, -0.25) is 15.0 Å². The minimum atomic E-state index is -0.441. The van der Waals surface area contributed by atoms with Gasteiger partial charge in [0.25, 0.3) is 0 Å².